The lowest BCUT2D eigenvalue weighted by atomic mass is 9.98. The minimum Gasteiger partial charge on any atom is -0.317 e. The Morgan fingerprint density at radius 2 is 1.77 bits per heavy atom. The van der Waals surface area contributed by atoms with Crippen LogP contribution < -0.4 is 10.2 Å². The first kappa shape index (κ1) is 22.8. The molecule has 5 rings (SSSR count). The molecule has 4 aromatic rings. The number of fused-ring (bicyclic) bond motifs is 1. The number of aryl methyl sites for hydroxylation is 1. The molecular formula is C26H22F3N5O. The summed E-state index contributed by atoms with van der Waals surface area (Å²) < 4.78 is 43.4. The van der Waals surface area contributed by atoms with E-state index in [4.69, 9.17) is 0 Å². The summed E-state index contributed by atoms with van der Waals surface area (Å²) in [6, 6.07) is 17.6. The molecule has 6 nitrogen and oxygen atoms in total. The van der Waals surface area contributed by atoms with Gasteiger partial charge in [0.15, 0.2) is 5.82 Å². The number of alkyl halides is 3. The predicted octanol–water partition coefficient (Wildman–Crippen LogP) is 5.05. The van der Waals surface area contributed by atoms with Crippen LogP contribution in [0.4, 0.5) is 18.9 Å². The van der Waals surface area contributed by atoms with E-state index >= 15 is 0 Å². The van der Waals surface area contributed by atoms with Crippen molar-refractivity contribution in [2.24, 2.45) is 7.05 Å². The molecule has 3 aromatic carbocycles. The van der Waals surface area contributed by atoms with Crippen LogP contribution in [0.25, 0.3) is 22.5 Å². The monoisotopic (exact) mass is 477 g/mol. The molecule has 0 saturated heterocycles. The quantitative estimate of drug-likeness (QED) is 0.437. The van der Waals surface area contributed by atoms with Crippen molar-refractivity contribution in [3.8, 4) is 22.5 Å². The van der Waals surface area contributed by atoms with Gasteiger partial charge in [-0.05, 0) is 53.6 Å². The summed E-state index contributed by atoms with van der Waals surface area (Å²) in [4.78, 5) is 14.7. The van der Waals surface area contributed by atoms with E-state index in [1.165, 1.54) is 4.90 Å². The van der Waals surface area contributed by atoms with Gasteiger partial charge in [0.25, 0.3) is 5.91 Å². The highest BCUT2D eigenvalue weighted by atomic mass is 19.4. The lowest BCUT2D eigenvalue weighted by Gasteiger charge is -2.18. The van der Waals surface area contributed by atoms with E-state index in [1.807, 2.05) is 48.0 Å². The van der Waals surface area contributed by atoms with Crippen molar-refractivity contribution in [3.05, 3.63) is 89.2 Å². The van der Waals surface area contributed by atoms with Gasteiger partial charge < -0.3 is 14.8 Å². The molecule has 1 aromatic heterocycles. The maximum Gasteiger partial charge on any atom is 0.416 e. The SMILES string of the molecule is CNCc1cc2c(c(C(F)(F)F)c1)CN(c1cccc(-c3ccccc3-c3nncn3C)c1)C2=O. The zero-order valence-electron chi connectivity index (χ0n) is 19.1. The molecule has 9 heteroatoms. The van der Waals surface area contributed by atoms with Crippen LogP contribution >= 0.6 is 0 Å². The van der Waals surface area contributed by atoms with Crippen molar-refractivity contribution >= 4 is 11.6 Å². The predicted molar refractivity (Wildman–Crippen MR) is 127 cm³/mol. The van der Waals surface area contributed by atoms with Crippen LogP contribution in [0.1, 0.15) is 27.0 Å². The summed E-state index contributed by atoms with van der Waals surface area (Å²) in [7, 11) is 3.50. The summed E-state index contributed by atoms with van der Waals surface area (Å²) in [5.41, 5.74) is 2.83. The molecule has 0 spiro atoms. The second-order valence-electron chi connectivity index (χ2n) is 8.45. The number of benzene rings is 3. The maximum absolute atomic E-state index is 13.9. The number of carbonyl (C=O) groups excluding carboxylic acids is 1. The average molecular weight is 477 g/mol. The van der Waals surface area contributed by atoms with Gasteiger partial charge in [-0.3, -0.25) is 4.79 Å². The van der Waals surface area contributed by atoms with Crippen LogP contribution in [0.5, 0.6) is 0 Å². The molecule has 35 heavy (non-hydrogen) atoms. The van der Waals surface area contributed by atoms with E-state index in [0.717, 1.165) is 22.8 Å². The van der Waals surface area contributed by atoms with Gasteiger partial charge >= 0.3 is 6.18 Å². The number of halogens is 3. The fraction of sp³-hybridized carbons (Fsp3) is 0.192. The Morgan fingerprint density at radius 1 is 1.00 bits per heavy atom. The van der Waals surface area contributed by atoms with Gasteiger partial charge in [0, 0.05) is 30.4 Å². The first-order valence-corrected chi connectivity index (χ1v) is 11.0. The zero-order chi connectivity index (χ0) is 24.7. The van der Waals surface area contributed by atoms with Gasteiger partial charge in [-0.2, -0.15) is 13.2 Å². The van der Waals surface area contributed by atoms with E-state index in [0.29, 0.717) is 17.1 Å². The molecule has 1 amide bonds. The van der Waals surface area contributed by atoms with Gasteiger partial charge in [0.2, 0.25) is 0 Å². The van der Waals surface area contributed by atoms with Crippen LogP contribution in [-0.2, 0) is 26.3 Å². The lowest BCUT2D eigenvalue weighted by Crippen LogP contribution is -2.23. The van der Waals surface area contributed by atoms with Gasteiger partial charge in [-0.25, -0.2) is 0 Å². The Bertz CT molecular complexity index is 1430. The highest BCUT2D eigenvalue weighted by molar-refractivity contribution is 6.10. The minimum absolute atomic E-state index is 0.00670. The molecule has 0 radical (unpaired) electrons. The summed E-state index contributed by atoms with van der Waals surface area (Å²) >= 11 is 0. The molecule has 1 aliphatic heterocycles. The topological polar surface area (TPSA) is 63.0 Å². The second kappa shape index (κ2) is 8.66. The third-order valence-corrected chi connectivity index (χ3v) is 6.14. The number of hydrogen-bond donors (Lipinski definition) is 1. The van der Waals surface area contributed by atoms with Crippen LogP contribution in [0.3, 0.4) is 0 Å². The third-order valence-electron chi connectivity index (χ3n) is 6.14. The number of carbonyl (C=O) groups is 1. The summed E-state index contributed by atoms with van der Waals surface area (Å²) in [5, 5.41) is 11.0. The molecule has 0 bridgehead atoms. The number of rotatable bonds is 5. The first-order chi connectivity index (χ1) is 16.8. The van der Waals surface area contributed by atoms with Crippen LogP contribution in [0.2, 0.25) is 0 Å². The Morgan fingerprint density at radius 3 is 2.46 bits per heavy atom. The standard InChI is InChI=1S/C26H22F3N5O/c1-30-13-16-10-21-22(23(11-16)26(27,28)29)14-34(25(21)35)18-7-5-6-17(12-18)19-8-3-4-9-20(19)24-32-31-15-33(24)2/h3-12,15,30H,13-14H2,1-2H3. The molecule has 0 aliphatic carbocycles. The molecule has 1 N–H and O–H groups in total. The van der Waals surface area contributed by atoms with Crippen LogP contribution in [-0.4, -0.2) is 27.7 Å². The van der Waals surface area contributed by atoms with E-state index in [2.05, 4.69) is 15.5 Å². The van der Waals surface area contributed by atoms with Crippen molar-refractivity contribution in [1.82, 2.24) is 20.1 Å². The average Bonchev–Trinajstić information content (AvgIpc) is 3.41. The van der Waals surface area contributed by atoms with Crippen LogP contribution in [0.15, 0.2) is 67.0 Å². The Labute approximate surface area is 200 Å². The largest absolute Gasteiger partial charge is 0.416 e. The molecule has 2 heterocycles. The number of nitrogens with one attached hydrogen (secondary N) is 1. The number of anilines is 1. The fourth-order valence-corrected chi connectivity index (χ4v) is 4.53. The Balaban J connectivity index is 1.56. The summed E-state index contributed by atoms with van der Waals surface area (Å²) in [6.07, 6.45) is -2.94. The minimum atomic E-state index is -4.55. The molecule has 0 fully saturated rings. The Kier molecular flexibility index (Phi) is 5.64. The van der Waals surface area contributed by atoms with Crippen molar-refractivity contribution in [1.29, 1.82) is 0 Å². The zero-order valence-corrected chi connectivity index (χ0v) is 19.1. The number of amides is 1. The maximum atomic E-state index is 13.9. The highest BCUT2D eigenvalue weighted by Gasteiger charge is 2.40. The lowest BCUT2D eigenvalue weighted by molar-refractivity contribution is -0.138. The Hall–Kier alpha value is -3.98. The van der Waals surface area contributed by atoms with Gasteiger partial charge in [-0.15, -0.1) is 10.2 Å². The van der Waals surface area contributed by atoms with E-state index in [9.17, 15) is 18.0 Å². The number of aromatic nitrogens is 3. The normalized spacial score (nSPS) is 13.4. The van der Waals surface area contributed by atoms with E-state index in [-0.39, 0.29) is 24.2 Å². The van der Waals surface area contributed by atoms with Crippen molar-refractivity contribution in [2.45, 2.75) is 19.3 Å². The van der Waals surface area contributed by atoms with Crippen molar-refractivity contribution in [2.75, 3.05) is 11.9 Å². The van der Waals surface area contributed by atoms with Gasteiger partial charge in [0.1, 0.15) is 6.33 Å². The number of hydrogen-bond acceptors (Lipinski definition) is 4. The highest BCUT2D eigenvalue weighted by Crippen LogP contribution is 2.40. The van der Waals surface area contributed by atoms with Gasteiger partial charge in [-0.1, -0.05) is 36.4 Å². The first-order valence-electron chi connectivity index (χ1n) is 11.0. The summed E-state index contributed by atoms with van der Waals surface area (Å²) in [6.45, 7) is 0.0924. The van der Waals surface area contributed by atoms with Gasteiger partial charge in [0.05, 0.1) is 12.1 Å². The number of nitrogens with zero attached hydrogens (tertiary/aromatic N) is 4. The third kappa shape index (κ3) is 4.08. The molecule has 0 unspecified atom stereocenters. The molecule has 0 atom stereocenters. The molecule has 178 valence electrons. The second-order valence-corrected chi connectivity index (χ2v) is 8.45. The smallest absolute Gasteiger partial charge is 0.317 e. The van der Waals surface area contributed by atoms with Crippen LogP contribution in [0, 0.1) is 0 Å². The molecular weight excluding hydrogens is 455 g/mol. The fourth-order valence-electron chi connectivity index (χ4n) is 4.53. The van der Waals surface area contributed by atoms with Crippen molar-refractivity contribution < 1.29 is 18.0 Å². The van der Waals surface area contributed by atoms with Crippen molar-refractivity contribution in [3.63, 3.8) is 0 Å². The summed E-state index contributed by atoms with van der Waals surface area (Å²) in [5.74, 6) is 0.240. The molecule has 0 saturated carbocycles. The van der Waals surface area contributed by atoms with E-state index in [1.54, 1.807) is 31.6 Å². The molecule has 1 aliphatic rings. The van der Waals surface area contributed by atoms with E-state index < -0.39 is 17.6 Å².